The topological polar surface area (TPSA) is 141 Å². The van der Waals surface area contributed by atoms with Crippen molar-refractivity contribution in [2.75, 3.05) is 0 Å². The smallest absolute Gasteiger partial charge is 0.303 e. The van der Waals surface area contributed by atoms with Crippen molar-refractivity contribution in [1.29, 1.82) is 0 Å². The molecule has 0 heterocycles. The number of ketones is 2. The van der Waals surface area contributed by atoms with E-state index in [0.29, 0.717) is 12.8 Å². The van der Waals surface area contributed by atoms with Crippen molar-refractivity contribution in [3.63, 3.8) is 0 Å². The molecule has 0 aromatic carbocycles. The number of rotatable bonds is 5. The lowest BCUT2D eigenvalue weighted by atomic mass is 9.38. The van der Waals surface area contributed by atoms with Crippen LogP contribution in [0.2, 0.25) is 0 Å². The molecule has 0 radical (unpaired) electrons. The van der Waals surface area contributed by atoms with Crippen molar-refractivity contribution in [1.82, 2.24) is 0 Å². The highest BCUT2D eigenvalue weighted by molar-refractivity contribution is 5.97. The summed E-state index contributed by atoms with van der Waals surface area (Å²) in [5, 5.41) is 44.9. The summed E-state index contributed by atoms with van der Waals surface area (Å²) >= 11 is 0. The lowest BCUT2D eigenvalue weighted by molar-refractivity contribution is -0.186. The maximum atomic E-state index is 14.3. The standard InChI is InChI=1S/C32H48O8/c1-17(33)40-27(2,3)13-12-23(36)32(9,39)25-21(35)15-29(6)22-11-10-18-19(14-20(34)26(38)28(18,4)5)31(22,8)24(37)16-30(25,29)7/h10,12-13,19-22,25-26,34-35,38-39H,11,14-16H2,1-9H3/b13-12+/t19-,20?,21?,22-,25?,26?,29-,30+,31+,32?/m0/s1. The number of hydrogen-bond donors (Lipinski definition) is 4. The van der Waals surface area contributed by atoms with Crippen molar-refractivity contribution in [3.8, 4) is 0 Å². The summed E-state index contributed by atoms with van der Waals surface area (Å²) in [6, 6.07) is 0. The van der Waals surface area contributed by atoms with Crippen LogP contribution in [0.3, 0.4) is 0 Å². The quantitative estimate of drug-likeness (QED) is 0.228. The zero-order valence-corrected chi connectivity index (χ0v) is 25.4. The van der Waals surface area contributed by atoms with Crippen LogP contribution in [0.25, 0.3) is 0 Å². The lowest BCUT2D eigenvalue weighted by Gasteiger charge is -2.65. The zero-order valence-electron chi connectivity index (χ0n) is 25.4. The number of carbonyl (C=O) groups is 3. The zero-order chi connectivity index (χ0) is 30.4. The first-order chi connectivity index (χ1) is 18.1. The predicted octanol–water partition coefficient (Wildman–Crippen LogP) is 3.29. The van der Waals surface area contributed by atoms with Crippen LogP contribution >= 0.6 is 0 Å². The van der Waals surface area contributed by atoms with Crippen LogP contribution in [0.1, 0.15) is 88.0 Å². The number of esters is 1. The van der Waals surface area contributed by atoms with Crippen LogP contribution in [0, 0.1) is 39.4 Å². The molecule has 5 unspecified atom stereocenters. The average Bonchev–Trinajstić information content (AvgIpc) is 3.01. The monoisotopic (exact) mass is 560 g/mol. The van der Waals surface area contributed by atoms with Gasteiger partial charge in [0.2, 0.25) is 0 Å². The van der Waals surface area contributed by atoms with Gasteiger partial charge in [-0.3, -0.25) is 14.4 Å². The predicted molar refractivity (Wildman–Crippen MR) is 149 cm³/mol. The fourth-order valence-corrected chi connectivity index (χ4v) is 9.55. The normalized spacial score (nSPS) is 44.2. The van der Waals surface area contributed by atoms with Crippen molar-refractivity contribution >= 4 is 17.5 Å². The molecule has 4 N–H and O–H groups in total. The van der Waals surface area contributed by atoms with Gasteiger partial charge < -0.3 is 25.2 Å². The Kier molecular flexibility index (Phi) is 7.24. The Labute approximate surface area is 237 Å². The molecule has 224 valence electrons. The summed E-state index contributed by atoms with van der Waals surface area (Å²) in [6.45, 7) is 15.7. The summed E-state index contributed by atoms with van der Waals surface area (Å²) in [6.07, 6.45) is 3.10. The lowest BCUT2D eigenvalue weighted by Crippen LogP contribution is -2.65. The Bertz CT molecular complexity index is 1160. The Morgan fingerprint density at radius 3 is 2.20 bits per heavy atom. The first-order valence-electron chi connectivity index (χ1n) is 14.5. The third-order valence-corrected chi connectivity index (χ3v) is 11.8. The van der Waals surface area contributed by atoms with Crippen LogP contribution < -0.4 is 0 Å². The van der Waals surface area contributed by atoms with E-state index in [1.54, 1.807) is 13.8 Å². The number of aliphatic hydroxyl groups excluding tert-OH is 3. The van der Waals surface area contributed by atoms with Gasteiger partial charge in [-0.05, 0) is 74.9 Å². The van der Waals surface area contributed by atoms with E-state index in [9.17, 15) is 34.8 Å². The van der Waals surface area contributed by atoms with Gasteiger partial charge in [0.1, 0.15) is 17.0 Å². The highest BCUT2D eigenvalue weighted by Gasteiger charge is 2.74. The number of allylic oxidation sites excluding steroid dienone is 1. The van der Waals surface area contributed by atoms with Gasteiger partial charge in [-0.1, -0.05) is 46.3 Å². The second-order valence-electron chi connectivity index (χ2n) is 15.0. The van der Waals surface area contributed by atoms with Crippen LogP contribution in [-0.4, -0.2) is 67.5 Å². The first-order valence-corrected chi connectivity index (χ1v) is 14.5. The molecule has 0 amide bonds. The fourth-order valence-electron chi connectivity index (χ4n) is 9.55. The molecule has 4 aliphatic carbocycles. The van der Waals surface area contributed by atoms with Crippen LogP contribution in [-0.2, 0) is 19.1 Å². The minimum atomic E-state index is -1.98. The molecule has 8 heteroatoms. The summed E-state index contributed by atoms with van der Waals surface area (Å²) < 4.78 is 5.23. The highest BCUT2D eigenvalue weighted by Crippen LogP contribution is 2.74. The molecule has 0 spiro atoms. The Morgan fingerprint density at radius 1 is 1.02 bits per heavy atom. The number of carbonyl (C=O) groups excluding carboxylic acids is 3. The fraction of sp³-hybridized carbons (Fsp3) is 0.781. The van der Waals surface area contributed by atoms with Gasteiger partial charge in [0, 0.05) is 30.1 Å². The van der Waals surface area contributed by atoms with Gasteiger partial charge in [0.05, 0.1) is 18.3 Å². The Morgan fingerprint density at radius 2 is 1.62 bits per heavy atom. The SMILES string of the molecule is CC(=O)OC(C)(C)/C=C/C(=O)C(C)(O)C1C(O)C[C@@]2(C)[C@@H]3CC=C4[C@H](CC(O)C(O)C4(C)C)[C@@]3(C)C(=O)C[C@]12C. The summed E-state index contributed by atoms with van der Waals surface area (Å²) in [4.78, 5) is 39.2. The highest BCUT2D eigenvalue weighted by atomic mass is 16.6. The van der Waals surface area contributed by atoms with E-state index in [-0.39, 0.29) is 30.5 Å². The number of hydrogen-bond acceptors (Lipinski definition) is 8. The van der Waals surface area contributed by atoms with E-state index in [1.807, 2.05) is 27.7 Å². The number of fused-ring (bicyclic) bond motifs is 5. The van der Waals surface area contributed by atoms with E-state index in [0.717, 1.165) is 5.57 Å². The molecule has 40 heavy (non-hydrogen) atoms. The molecular weight excluding hydrogens is 512 g/mol. The molecule has 3 fully saturated rings. The second kappa shape index (κ2) is 9.32. The molecule has 4 rings (SSSR count). The van der Waals surface area contributed by atoms with Gasteiger partial charge in [0.15, 0.2) is 5.78 Å². The number of ether oxygens (including phenoxy) is 1. The Balaban J connectivity index is 1.74. The van der Waals surface area contributed by atoms with E-state index in [4.69, 9.17) is 4.74 Å². The van der Waals surface area contributed by atoms with Crippen LogP contribution in [0.4, 0.5) is 0 Å². The summed E-state index contributed by atoms with van der Waals surface area (Å²) in [5.74, 6) is -2.48. The molecule has 0 aromatic rings. The average molecular weight is 561 g/mol. The van der Waals surface area contributed by atoms with Gasteiger partial charge in [-0.15, -0.1) is 0 Å². The minimum Gasteiger partial charge on any atom is -0.456 e. The van der Waals surface area contributed by atoms with E-state index in [1.165, 1.54) is 26.0 Å². The van der Waals surface area contributed by atoms with Crippen molar-refractivity contribution in [3.05, 3.63) is 23.8 Å². The van der Waals surface area contributed by atoms with Crippen molar-refractivity contribution < 1.29 is 39.5 Å². The molecule has 0 saturated heterocycles. The molecular formula is C32H48O8. The molecule has 8 nitrogen and oxygen atoms in total. The van der Waals surface area contributed by atoms with Gasteiger partial charge in [-0.25, -0.2) is 0 Å². The summed E-state index contributed by atoms with van der Waals surface area (Å²) in [5.41, 5.74) is -5.04. The van der Waals surface area contributed by atoms with E-state index < -0.39 is 68.8 Å². The number of aliphatic hydroxyl groups is 4. The van der Waals surface area contributed by atoms with Crippen LogP contribution in [0.5, 0.6) is 0 Å². The van der Waals surface area contributed by atoms with Crippen LogP contribution in [0.15, 0.2) is 23.8 Å². The molecule has 0 aliphatic heterocycles. The third-order valence-electron chi connectivity index (χ3n) is 11.8. The minimum absolute atomic E-state index is 0.00125. The van der Waals surface area contributed by atoms with Crippen molar-refractivity contribution in [2.45, 2.75) is 118 Å². The maximum Gasteiger partial charge on any atom is 0.303 e. The van der Waals surface area contributed by atoms with E-state index >= 15 is 0 Å². The molecule has 4 aliphatic rings. The first kappa shape index (κ1) is 31.1. The number of Topliss-reactive ketones (excluding diaryl/α,β-unsaturated/α-hetero) is 1. The van der Waals surface area contributed by atoms with Gasteiger partial charge in [0.25, 0.3) is 0 Å². The largest absolute Gasteiger partial charge is 0.456 e. The molecule has 0 aromatic heterocycles. The van der Waals surface area contributed by atoms with Gasteiger partial charge >= 0.3 is 5.97 Å². The van der Waals surface area contributed by atoms with Crippen molar-refractivity contribution in [2.24, 2.45) is 39.4 Å². The molecule has 0 bridgehead atoms. The molecule has 3 saturated carbocycles. The van der Waals surface area contributed by atoms with Gasteiger partial charge in [-0.2, -0.15) is 0 Å². The van der Waals surface area contributed by atoms with E-state index in [2.05, 4.69) is 13.0 Å². The second-order valence-corrected chi connectivity index (χ2v) is 15.0. The maximum absolute atomic E-state index is 14.3. The third kappa shape index (κ3) is 4.19. The molecule has 10 atom stereocenters. The summed E-state index contributed by atoms with van der Waals surface area (Å²) in [7, 11) is 0. The Hall–Kier alpha value is -1.87.